The zero-order valence-electron chi connectivity index (χ0n) is 14.5. The number of unbranched alkanes of at least 4 members (excludes halogenated alkanes) is 2. The number of benzene rings is 1. The Morgan fingerprint density at radius 2 is 1.83 bits per heavy atom. The van der Waals surface area contributed by atoms with E-state index in [1.165, 1.54) is 24.8 Å². The average molecular weight is 326 g/mol. The Labute approximate surface area is 144 Å². The first-order valence-electron chi connectivity index (χ1n) is 8.72. The Balaban J connectivity index is 1.93. The molecule has 4 heteroatoms. The number of anilines is 1. The summed E-state index contributed by atoms with van der Waals surface area (Å²) < 4.78 is 5.00. The molecule has 0 saturated carbocycles. The fraction of sp³-hybridized carbons (Fsp3) is 0.400. The molecule has 1 heterocycles. The Hall–Kier alpha value is -2.36. The van der Waals surface area contributed by atoms with Gasteiger partial charge in [-0.15, -0.1) is 0 Å². The van der Waals surface area contributed by atoms with Crippen LogP contribution in [-0.2, 0) is 11.2 Å². The third-order valence-corrected chi connectivity index (χ3v) is 3.76. The maximum Gasteiger partial charge on any atom is 0.411 e. The molecule has 0 aliphatic carbocycles. The van der Waals surface area contributed by atoms with Gasteiger partial charge in [0.25, 0.3) is 0 Å². The predicted octanol–water partition coefficient (Wildman–Crippen LogP) is 5.44. The van der Waals surface area contributed by atoms with E-state index in [0.717, 1.165) is 29.8 Å². The summed E-state index contributed by atoms with van der Waals surface area (Å²) in [6, 6.07) is 11.8. The number of amides is 1. The number of carbonyl (C=O) groups excluding carboxylic acids is 1. The molecule has 0 aliphatic rings. The van der Waals surface area contributed by atoms with Gasteiger partial charge in [-0.05, 0) is 43.0 Å². The predicted molar refractivity (Wildman–Crippen MR) is 98.2 cm³/mol. The van der Waals surface area contributed by atoms with E-state index in [9.17, 15) is 4.79 Å². The number of aromatic nitrogens is 1. The quantitative estimate of drug-likeness (QED) is 0.657. The van der Waals surface area contributed by atoms with Crippen molar-refractivity contribution in [3.63, 3.8) is 0 Å². The molecule has 0 aliphatic heterocycles. The van der Waals surface area contributed by atoms with Crippen LogP contribution in [0.25, 0.3) is 11.3 Å². The lowest BCUT2D eigenvalue weighted by Gasteiger charge is -2.07. The Kier molecular flexibility index (Phi) is 7.27. The van der Waals surface area contributed by atoms with Crippen molar-refractivity contribution in [2.24, 2.45) is 0 Å². The largest absolute Gasteiger partial charge is 0.449 e. The highest BCUT2D eigenvalue weighted by molar-refractivity contribution is 5.85. The summed E-state index contributed by atoms with van der Waals surface area (Å²) in [6.45, 7) is 4.60. The molecule has 2 aromatic rings. The minimum atomic E-state index is -0.417. The van der Waals surface area contributed by atoms with Gasteiger partial charge in [-0.25, -0.2) is 4.79 Å². The molecule has 0 saturated heterocycles. The summed E-state index contributed by atoms with van der Waals surface area (Å²) in [5.74, 6) is 0. The first-order chi connectivity index (χ1) is 11.7. The minimum absolute atomic E-state index is 0.417. The number of aryl methyl sites for hydroxylation is 1. The second-order valence-corrected chi connectivity index (χ2v) is 5.85. The van der Waals surface area contributed by atoms with Gasteiger partial charge in [0.2, 0.25) is 0 Å². The first kappa shape index (κ1) is 18.0. The third kappa shape index (κ3) is 5.69. The highest BCUT2D eigenvalue weighted by Gasteiger charge is 2.04. The van der Waals surface area contributed by atoms with Crippen LogP contribution in [0.1, 0.15) is 45.1 Å². The van der Waals surface area contributed by atoms with Gasteiger partial charge in [0.1, 0.15) is 0 Å². The molecule has 1 amide bonds. The molecule has 0 fully saturated rings. The van der Waals surface area contributed by atoms with Crippen molar-refractivity contribution in [1.29, 1.82) is 0 Å². The summed E-state index contributed by atoms with van der Waals surface area (Å²) in [5, 5.41) is 2.71. The fourth-order valence-corrected chi connectivity index (χ4v) is 2.40. The van der Waals surface area contributed by atoms with Crippen molar-refractivity contribution >= 4 is 11.8 Å². The molecular weight excluding hydrogens is 300 g/mol. The number of hydrogen-bond donors (Lipinski definition) is 1. The number of nitrogens with zero attached hydrogens (tertiary/aromatic N) is 1. The van der Waals surface area contributed by atoms with Crippen molar-refractivity contribution in [3.8, 4) is 11.3 Å². The van der Waals surface area contributed by atoms with Crippen LogP contribution in [0.2, 0.25) is 0 Å². The Morgan fingerprint density at radius 3 is 2.46 bits per heavy atom. The second-order valence-electron chi connectivity index (χ2n) is 5.85. The molecule has 1 aromatic heterocycles. The molecule has 0 unspecified atom stereocenters. The fourth-order valence-electron chi connectivity index (χ4n) is 2.40. The first-order valence-corrected chi connectivity index (χ1v) is 8.72. The van der Waals surface area contributed by atoms with E-state index in [0.29, 0.717) is 6.61 Å². The number of pyridine rings is 1. The molecule has 0 atom stereocenters. The number of ether oxygens (including phenoxy) is 1. The van der Waals surface area contributed by atoms with Crippen molar-refractivity contribution in [2.75, 3.05) is 11.9 Å². The number of rotatable bonds is 8. The van der Waals surface area contributed by atoms with Gasteiger partial charge < -0.3 is 4.74 Å². The number of hydrogen-bond acceptors (Lipinski definition) is 3. The van der Waals surface area contributed by atoms with Crippen LogP contribution in [0.5, 0.6) is 0 Å². The maximum absolute atomic E-state index is 11.5. The third-order valence-electron chi connectivity index (χ3n) is 3.76. The molecule has 4 nitrogen and oxygen atoms in total. The molecule has 128 valence electrons. The van der Waals surface area contributed by atoms with E-state index < -0.39 is 6.09 Å². The van der Waals surface area contributed by atoms with Crippen LogP contribution < -0.4 is 5.32 Å². The van der Waals surface area contributed by atoms with E-state index >= 15 is 0 Å². The van der Waals surface area contributed by atoms with Crippen molar-refractivity contribution < 1.29 is 9.53 Å². The molecule has 24 heavy (non-hydrogen) atoms. The van der Waals surface area contributed by atoms with E-state index in [2.05, 4.69) is 29.4 Å². The molecule has 0 bridgehead atoms. The zero-order valence-corrected chi connectivity index (χ0v) is 14.5. The summed E-state index contributed by atoms with van der Waals surface area (Å²) in [5.41, 5.74) is 3.97. The monoisotopic (exact) mass is 326 g/mol. The Bertz CT molecular complexity index is 621. The summed E-state index contributed by atoms with van der Waals surface area (Å²) in [6.07, 6.45) is 7.15. The maximum atomic E-state index is 11.5. The van der Waals surface area contributed by atoms with Crippen LogP contribution in [-0.4, -0.2) is 17.7 Å². The lowest BCUT2D eigenvalue weighted by atomic mass is 10.1. The molecule has 2 rings (SSSR count). The van der Waals surface area contributed by atoms with Crippen LogP contribution in [0.3, 0.4) is 0 Å². The standard InChI is InChI=1S/C20H26N2O2/c1-3-5-6-7-16-8-13-19(21-15-16)17-9-11-18(12-10-17)22-20(23)24-14-4-2/h8-13,15H,3-7,14H2,1-2H3,(H,22,23). The van der Waals surface area contributed by atoms with Crippen LogP contribution in [0, 0.1) is 0 Å². The molecule has 0 spiro atoms. The number of carbonyl (C=O) groups is 1. The highest BCUT2D eigenvalue weighted by atomic mass is 16.5. The lowest BCUT2D eigenvalue weighted by Crippen LogP contribution is -2.13. The summed E-state index contributed by atoms with van der Waals surface area (Å²) in [4.78, 5) is 16.1. The lowest BCUT2D eigenvalue weighted by molar-refractivity contribution is 0.161. The zero-order chi connectivity index (χ0) is 17.2. The smallest absolute Gasteiger partial charge is 0.411 e. The van der Waals surface area contributed by atoms with Crippen LogP contribution >= 0.6 is 0 Å². The van der Waals surface area contributed by atoms with Gasteiger partial charge >= 0.3 is 6.09 Å². The molecule has 1 N–H and O–H groups in total. The summed E-state index contributed by atoms with van der Waals surface area (Å²) in [7, 11) is 0. The van der Waals surface area contributed by atoms with Gasteiger partial charge in [0.05, 0.1) is 12.3 Å². The van der Waals surface area contributed by atoms with E-state index in [1.807, 2.05) is 37.4 Å². The topological polar surface area (TPSA) is 51.2 Å². The van der Waals surface area contributed by atoms with Gasteiger partial charge in [-0.2, -0.15) is 0 Å². The Morgan fingerprint density at radius 1 is 1.04 bits per heavy atom. The molecule has 1 aromatic carbocycles. The SMILES string of the molecule is CCCCCc1ccc(-c2ccc(NC(=O)OCCC)cc2)nc1. The van der Waals surface area contributed by atoms with Gasteiger partial charge in [0.15, 0.2) is 0 Å². The van der Waals surface area contributed by atoms with E-state index in [1.54, 1.807) is 0 Å². The normalized spacial score (nSPS) is 10.4. The molecule has 0 radical (unpaired) electrons. The average Bonchev–Trinajstić information content (AvgIpc) is 2.61. The minimum Gasteiger partial charge on any atom is -0.449 e. The second kappa shape index (κ2) is 9.71. The van der Waals surface area contributed by atoms with Gasteiger partial charge in [0, 0.05) is 17.4 Å². The van der Waals surface area contributed by atoms with Crippen molar-refractivity contribution in [1.82, 2.24) is 4.98 Å². The van der Waals surface area contributed by atoms with E-state index in [4.69, 9.17) is 4.74 Å². The van der Waals surface area contributed by atoms with Crippen LogP contribution in [0.4, 0.5) is 10.5 Å². The van der Waals surface area contributed by atoms with Crippen molar-refractivity contribution in [3.05, 3.63) is 48.2 Å². The van der Waals surface area contributed by atoms with E-state index in [-0.39, 0.29) is 0 Å². The van der Waals surface area contributed by atoms with Crippen LogP contribution in [0.15, 0.2) is 42.6 Å². The van der Waals surface area contributed by atoms with Crippen molar-refractivity contribution in [2.45, 2.75) is 46.0 Å². The highest BCUT2D eigenvalue weighted by Crippen LogP contribution is 2.20. The van der Waals surface area contributed by atoms with Gasteiger partial charge in [-0.1, -0.05) is 44.9 Å². The van der Waals surface area contributed by atoms with Gasteiger partial charge in [-0.3, -0.25) is 10.3 Å². The summed E-state index contributed by atoms with van der Waals surface area (Å²) >= 11 is 0. The number of nitrogens with one attached hydrogen (secondary N) is 1. The molecular formula is C20H26N2O2.